The van der Waals surface area contributed by atoms with E-state index in [9.17, 15) is 14.4 Å². The molecule has 0 spiro atoms. The molecule has 1 unspecified atom stereocenters. The Balaban J connectivity index is 0.00000370. The zero-order valence-corrected chi connectivity index (χ0v) is 24.1. The minimum absolute atomic E-state index is 0. The van der Waals surface area contributed by atoms with E-state index in [1.807, 2.05) is 6.07 Å². The first-order valence-corrected chi connectivity index (χ1v) is 13.9. The zero-order chi connectivity index (χ0) is 27.7. The van der Waals surface area contributed by atoms with Crippen LogP contribution in [0.1, 0.15) is 44.2 Å². The van der Waals surface area contributed by atoms with Crippen molar-refractivity contribution in [2.24, 2.45) is 17.4 Å². The first-order valence-electron chi connectivity index (χ1n) is 13.9. The fourth-order valence-corrected chi connectivity index (χ4v) is 5.81. The smallest absolute Gasteiger partial charge is 0.338 e. The number of nitrogens with zero attached hydrogens (tertiary/aromatic N) is 4. The molecule has 0 radical (unpaired) electrons. The summed E-state index contributed by atoms with van der Waals surface area (Å²) in [6.07, 6.45) is 7.03. The van der Waals surface area contributed by atoms with Gasteiger partial charge in [-0.05, 0) is 87.7 Å². The van der Waals surface area contributed by atoms with E-state index < -0.39 is 11.2 Å². The Bertz CT molecular complexity index is 1280. The van der Waals surface area contributed by atoms with Gasteiger partial charge in [-0.2, -0.15) is 4.98 Å². The summed E-state index contributed by atoms with van der Waals surface area (Å²) in [6, 6.07) is 8.41. The number of nitrogens with two attached hydrogens (primary N) is 2. The summed E-state index contributed by atoms with van der Waals surface area (Å²) >= 11 is 0. The Morgan fingerprint density at radius 1 is 1.05 bits per heavy atom. The number of anilines is 1. The van der Waals surface area contributed by atoms with E-state index in [1.165, 1.54) is 15.7 Å². The molecule has 40 heavy (non-hydrogen) atoms. The summed E-state index contributed by atoms with van der Waals surface area (Å²) in [6.45, 7) is 5.70. The minimum atomic E-state index is -0.945. The summed E-state index contributed by atoms with van der Waals surface area (Å²) in [5.41, 5.74) is 13.6. The van der Waals surface area contributed by atoms with Gasteiger partial charge in [0.25, 0.3) is 0 Å². The SMILES string of the molecule is CC(C)(N)C(=O)N1CCN(C(=O)Nc2ccn(-c3ccc4c(c3)CC(N[C@H]3C[C@H](CN)C3)CC4)c(=O)n2)CC1.Cl. The molecule has 2 aromatic rings. The number of hydrogen-bond donors (Lipinski definition) is 4. The van der Waals surface area contributed by atoms with Crippen molar-refractivity contribution >= 4 is 30.2 Å². The van der Waals surface area contributed by atoms with E-state index in [0.717, 1.165) is 44.3 Å². The van der Waals surface area contributed by atoms with Gasteiger partial charge in [0.05, 0.1) is 11.2 Å². The first-order chi connectivity index (χ1) is 18.6. The summed E-state index contributed by atoms with van der Waals surface area (Å²) in [5.74, 6) is 0.712. The average Bonchev–Trinajstić information content (AvgIpc) is 2.89. The number of carbonyl (C=O) groups excluding carboxylic acids is 2. The first kappa shape index (κ1) is 30.0. The van der Waals surface area contributed by atoms with E-state index in [2.05, 4.69) is 27.8 Å². The van der Waals surface area contributed by atoms with Gasteiger partial charge in [0.15, 0.2) is 0 Å². The fourth-order valence-electron chi connectivity index (χ4n) is 5.81. The Morgan fingerprint density at radius 3 is 2.40 bits per heavy atom. The van der Waals surface area contributed by atoms with Crippen LogP contribution in [-0.4, -0.2) is 81.6 Å². The maximum absolute atomic E-state index is 12.9. The Morgan fingerprint density at radius 2 is 1.75 bits per heavy atom. The number of rotatable bonds is 6. The molecule has 2 aliphatic carbocycles. The van der Waals surface area contributed by atoms with Gasteiger partial charge in [-0.3, -0.25) is 14.7 Å². The molecule has 12 heteroatoms. The van der Waals surface area contributed by atoms with Gasteiger partial charge in [-0.15, -0.1) is 12.4 Å². The highest BCUT2D eigenvalue weighted by atomic mass is 35.5. The number of halogens is 1. The van der Waals surface area contributed by atoms with E-state index >= 15 is 0 Å². The van der Waals surface area contributed by atoms with Gasteiger partial charge in [-0.25, -0.2) is 9.59 Å². The van der Waals surface area contributed by atoms with Crippen molar-refractivity contribution in [2.75, 3.05) is 38.0 Å². The normalized spacial score (nSPS) is 22.6. The summed E-state index contributed by atoms with van der Waals surface area (Å²) < 4.78 is 1.50. The van der Waals surface area contributed by atoms with Gasteiger partial charge in [-0.1, -0.05) is 6.07 Å². The van der Waals surface area contributed by atoms with Gasteiger partial charge in [0, 0.05) is 44.5 Å². The molecule has 1 aromatic carbocycles. The molecule has 2 heterocycles. The lowest BCUT2D eigenvalue weighted by molar-refractivity contribution is -0.137. The van der Waals surface area contributed by atoms with Crippen molar-refractivity contribution < 1.29 is 9.59 Å². The van der Waals surface area contributed by atoms with Crippen molar-refractivity contribution in [3.63, 3.8) is 0 Å². The number of aryl methyl sites for hydroxylation is 1. The lowest BCUT2D eigenvalue weighted by atomic mass is 9.79. The van der Waals surface area contributed by atoms with Crippen LogP contribution in [-0.2, 0) is 17.6 Å². The molecule has 1 saturated heterocycles. The molecule has 2 fully saturated rings. The van der Waals surface area contributed by atoms with Gasteiger partial charge < -0.3 is 26.6 Å². The molecule has 218 valence electrons. The van der Waals surface area contributed by atoms with Crippen molar-refractivity contribution in [1.82, 2.24) is 24.7 Å². The monoisotopic (exact) mass is 572 g/mol. The molecule has 1 aliphatic heterocycles. The number of carbonyl (C=O) groups is 2. The predicted molar refractivity (Wildman–Crippen MR) is 157 cm³/mol. The van der Waals surface area contributed by atoms with E-state index in [4.69, 9.17) is 11.5 Å². The van der Waals surface area contributed by atoms with Crippen LogP contribution in [0.15, 0.2) is 35.3 Å². The molecular formula is C28H41ClN8O3. The molecule has 6 N–H and O–H groups in total. The number of fused-ring (bicyclic) bond motifs is 1. The standard InChI is InChI=1S/C28H40N8O3.ClH/c1-28(2,30)25(37)34-9-11-35(12-10-34)26(38)32-24-7-8-36(27(39)33-24)23-6-4-19-3-5-21(15-20(19)16-23)31-22-13-18(14-22)17-29;/h4,6-8,16,18,21-22,31H,3,5,9-15,17,29-30H2,1-2H3,(H,32,33,38,39);1H/t18-,21?,22-;. The van der Waals surface area contributed by atoms with Crippen LogP contribution in [0.4, 0.5) is 10.6 Å². The summed E-state index contributed by atoms with van der Waals surface area (Å²) in [7, 11) is 0. The topological polar surface area (TPSA) is 152 Å². The Kier molecular flexibility index (Phi) is 9.19. The van der Waals surface area contributed by atoms with Crippen LogP contribution in [0.3, 0.4) is 0 Å². The second-order valence-electron chi connectivity index (χ2n) is 11.7. The number of nitrogens with one attached hydrogen (secondary N) is 2. The average molecular weight is 573 g/mol. The number of urea groups is 1. The van der Waals surface area contributed by atoms with Crippen LogP contribution in [0, 0.1) is 5.92 Å². The highest BCUT2D eigenvalue weighted by Crippen LogP contribution is 2.29. The lowest BCUT2D eigenvalue weighted by Crippen LogP contribution is -2.58. The van der Waals surface area contributed by atoms with Crippen molar-refractivity contribution in [3.05, 3.63) is 52.1 Å². The molecule has 3 amide bonds. The van der Waals surface area contributed by atoms with Gasteiger partial charge in [0.1, 0.15) is 5.82 Å². The minimum Gasteiger partial charge on any atom is -0.338 e. The fraction of sp³-hybridized carbons (Fsp3) is 0.571. The van der Waals surface area contributed by atoms with Crippen molar-refractivity contribution in [1.29, 1.82) is 0 Å². The molecule has 1 atom stereocenters. The molecular weight excluding hydrogens is 532 g/mol. The molecule has 1 aromatic heterocycles. The zero-order valence-electron chi connectivity index (χ0n) is 23.3. The maximum atomic E-state index is 12.9. The van der Waals surface area contributed by atoms with Gasteiger partial charge >= 0.3 is 11.7 Å². The second kappa shape index (κ2) is 12.3. The third-order valence-corrected chi connectivity index (χ3v) is 8.18. The van der Waals surface area contributed by atoms with Crippen LogP contribution >= 0.6 is 12.4 Å². The molecule has 11 nitrogen and oxygen atoms in total. The number of aromatic nitrogens is 2. The molecule has 3 aliphatic rings. The van der Waals surface area contributed by atoms with Gasteiger partial charge in [0.2, 0.25) is 5.91 Å². The third-order valence-electron chi connectivity index (χ3n) is 8.18. The number of amides is 3. The van der Waals surface area contributed by atoms with Crippen LogP contribution < -0.4 is 27.8 Å². The summed E-state index contributed by atoms with van der Waals surface area (Å²) in [4.78, 5) is 45.4. The largest absolute Gasteiger partial charge is 0.354 e. The lowest BCUT2D eigenvalue weighted by Gasteiger charge is -2.39. The van der Waals surface area contributed by atoms with E-state index in [-0.39, 0.29) is 30.2 Å². The Labute approximate surface area is 241 Å². The predicted octanol–water partition coefficient (Wildman–Crippen LogP) is 1.25. The van der Waals surface area contributed by atoms with E-state index in [0.29, 0.717) is 44.2 Å². The van der Waals surface area contributed by atoms with Crippen LogP contribution in [0.2, 0.25) is 0 Å². The molecule has 5 rings (SSSR count). The number of hydrogen-bond acceptors (Lipinski definition) is 7. The van der Waals surface area contributed by atoms with Crippen LogP contribution in [0.25, 0.3) is 5.69 Å². The number of benzene rings is 1. The van der Waals surface area contributed by atoms with E-state index in [1.54, 1.807) is 35.9 Å². The number of piperazine rings is 1. The van der Waals surface area contributed by atoms with Crippen molar-refractivity contribution in [3.8, 4) is 5.69 Å². The highest BCUT2D eigenvalue weighted by molar-refractivity contribution is 5.89. The third kappa shape index (κ3) is 6.65. The summed E-state index contributed by atoms with van der Waals surface area (Å²) in [5, 5.41) is 6.51. The molecule has 0 bridgehead atoms. The van der Waals surface area contributed by atoms with Crippen LogP contribution in [0.5, 0.6) is 0 Å². The Hall–Kier alpha value is -2.99. The second-order valence-corrected chi connectivity index (χ2v) is 11.7. The molecule has 1 saturated carbocycles. The maximum Gasteiger partial charge on any atom is 0.354 e. The van der Waals surface area contributed by atoms with Crippen molar-refractivity contribution in [2.45, 2.75) is 63.6 Å². The quantitative estimate of drug-likeness (QED) is 0.406. The highest BCUT2D eigenvalue weighted by Gasteiger charge is 2.32.